The highest BCUT2D eigenvalue weighted by Gasteiger charge is 2.16. The van der Waals surface area contributed by atoms with Crippen LogP contribution in [0.5, 0.6) is 0 Å². The van der Waals surface area contributed by atoms with Gasteiger partial charge in [-0.25, -0.2) is 0 Å². The Bertz CT molecular complexity index is 1090. The molecule has 0 unspecified atom stereocenters. The molecule has 1 N–H and O–H groups in total. The van der Waals surface area contributed by atoms with Crippen molar-refractivity contribution in [3.8, 4) is 11.3 Å². The molecule has 5 heteroatoms. The second kappa shape index (κ2) is 7.25. The zero-order valence-electron chi connectivity index (χ0n) is 14.6. The zero-order valence-corrected chi connectivity index (χ0v) is 15.4. The standard InChI is InChI=1S/C22H17ClN2O2/c1-14(15-5-3-2-4-6-15)24-22(26)17-9-12-20-19(13-17)21(27-25-20)16-7-10-18(23)11-8-16/h2-14H,1H3,(H,24,26)/t14-/m1/s1. The van der Waals surface area contributed by atoms with Crippen LogP contribution >= 0.6 is 11.6 Å². The Hall–Kier alpha value is -3.11. The molecular weight excluding hydrogens is 360 g/mol. The highest BCUT2D eigenvalue weighted by Crippen LogP contribution is 2.30. The van der Waals surface area contributed by atoms with Crippen LogP contribution in [0.15, 0.2) is 77.3 Å². The Morgan fingerprint density at radius 1 is 1.04 bits per heavy atom. The third kappa shape index (κ3) is 3.57. The van der Waals surface area contributed by atoms with Gasteiger partial charge in [-0.1, -0.05) is 47.1 Å². The number of hydrogen-bond acceptors (Lipinski definition) is 3. The summed E-state index contributed by atoms with van der Waals surface area (Å²) < 4.78 is 5.50. The van der Waals surface area contributed by atoms with Crippen LogP contribution in [0.1, 0.15) is 28.9 Å². The summed E-state index contributed by atoms with van der Waals surface area (Å²) in [5.41, 5.74) is 3.17. The third-order valence-corrected chi connectivity index (χ3v) is 4.74. The number of carbonyl (C=O) groups is 1. The van der Waals surface area contributed by atoms with Crippen molar-refractivity contribution in [2.75, 3.05) is 0 Å². The minimum atomic E-state index is -0.142. The van der Waals surface area contributed by atoms with Gasteiger partial charge in [-0.05, 0) is 55.0 Å². The minimum absolute atomic E-state index is 0.0902. The molecule has 0 saturated carbocycles. The van der Waals surface area contributed by atoms with E-state index < -0.39 is 0 Å². The number of aromatic nitrogens is 1. The molecule has 27 heavy (non-hydrogen) atoms. The van der Waals surface area contributed by atoms with Crippen LogP contribution in [0.4, 0.5) is 0 Å². The Morgan fingerprint density at radius 2 is 1.78 bits per heavy atom. The van der Waals surface area contributed by atoms with Gasteiger partial charge in [-0.2, -0.15) is 0 Å². The Morgan fingerprint density at radius 3 is 2.52 bits per heavy atom. The summed E-state index contributed by atoms with van der Waals surface area (Å²) in [6.45, 7) is 1.96. The first-order valence-electron chi connectivity index (χ1n) is 8.63. The SMILES string of the molecule is C[C@@H](NC(=O)c1ccc2noc(-c3ccc(Cl)cc3)c2c1)c1ccccc1. The fraction of sp³-hybridized carbons (Fsp3) is 0.0909. The molecule has 3 aromatic carbocycles. The Balaban J connectivity index is 1.63. The van der Waals surface area contributed by atoms with Crippen LogP contribution in [-0.4, -0.2) is 11.1 Å². The fourth-order valence-corrected chi connectivity index (χ4v) is 3.12. The maximum absolute atomic E-state index is 12.7. The van der Waals surface area contributed by atoms with Crippen molar-refractivity contribution in [1.82, 2.24) is 10.5 Å². The average Bonchev–Trinajstić information content (AvgIpc) is 3.12. The molecule has 1 amide bonds. The quantitative estimate of drug-likeness (QED) is 0.501. The number of hydrogen-bond donors (Lipinski definition) is 1. The van der Waals surface area contributed by atoms with Gasteiger partial charge in [0.15, 0.2) is 5.76 Å². The third-order valence-electron chi connectivity index (χ3n) is 4.49. The highest BCUT2D eigenvalue weighted by molar-refractivity contribution is 6.30. The molecule has 4 aromatic rings. The molecule has 4 rings (SSSR count). The fourth-order valence-electron chi connectivity index (χ4n) is 3.00. The summed E-state index contributed by atoms with van der Waals surface area (Å²) in [6, 6.07) is 22.4. The van der Waals surface area contributed by atoms with E-state index in [1.165, 1.54) is 0 Å². The van der Waals surface area contributed by atoms with Gasteiger partial charge in [0.25, 0.3) is 5.91 Å². The molecule has 4 nitrogen and oxygen atoms in total. The Labute approximate surface area is 161 Å². The van der Waals surface area contributed by atoms with Crippen molar-refractivity contribution < 1.29 is 9.32 Å². The summed E-state index contributed by atoms with van der Waals surface area (Å²) in [5.74, 6) is 0.476. The van der Waals surface area contributed by atoms with Crippen LogP contribution in [0.3, 0.4) is 0 Å². The van der Waals surface area contributed by atoms with E-state index in [2.05, 4.69) is 10.5 Å². The van der Waals surface area contributed by atoms with Crippen molar-refractivity contribution in [2.45, 2.75) is 13.0 Å². The van der Waals surface area contributed by atoms with Crippen LogP contribution in [0.2, 0.25) is 5.02 Å². The van der Waals surface area contributed by atoms with Crippen molar-refractivity contribution in [3.63, 3.8) is 0 Å². The summed E-state index contributed by atoms with van der Waals surface area (Å²) in [5, 5.41) is 8.56. The number of carbonyl (C=O) groups excluding carboxylic acids is 1. The molecule has 0 bridgehead atoms. The van der Waals surface area contributed by atoms with E-state index in [0.29, 0.717) is 21.9 Å². The van der Waals surface area contributed by atoms with Gasteiger partial charge in [-0.15, -0.1) is 0 Å². The van der Waals surface area contributed by atoms with E-state index in [0.717, 1.165) is 16.5 Å². The maximum atomic E-state index is 12.7. The first-order chi connectivity index (χ1) is 13.1. The lowest BCUT2D eigenvalue weighted by atomic mass is 10.0. The minimum Gasteiger partial charge on any atom is -0.355 e. The van der Waals surface area contributed by atoms with E-state index in [-0.39, 0.29) is 11.9 Å². The molecule has 0 spiro atoms. The van der Waals surface area contributed by atoms with E-state index in [9.17, 15) is 4.79 Å². The lowest BCUT2D eigenvalue weighted by molar-refractivity contribution is 0.0940. The van der Waals surface area contributed by atoms with Crippen LogP contribution < -0.4 is 5.32 Å². The Kier molecular flexibility index (Phi) is 4.65. The molecular formula is C22H17ClN2O2. The normalized spacial score (nSPS) is 12.1. The number of amides is 1. The summed E-state index contributed by atoms with van der Waals surface area (Å²) in [4.78, 5) is 12.7. The van der Waals surface area contributed by atoms with Crippen molar-refractivity contribution in [1.29, 1.82) is 0 Å². The smallest absolute Gasteiger partial charge is 0.251 e. The number of benzene rings is 3. The molecule has 0 aliphatic heterocycles. The lowest BCUT2D eigenvalue weighted by Crippen LogP contribution is -2.26. The van der Waals surface area contributed by atoms with Crippen LogP contribution in [-0.2, 0) is 0 Å². The molecule has 0 fully saturated rings. The first-order valence-corrected chi connectivity index (χ1v) is 9.01. The van der Waals surface area contributed by atoms with Gasteiger partial charge in [0.1, 0.15) is 5.52 Å². The van der Waals surface area contributed by atoms with Gasteiger partial charge in [0, 0.05) is 16.1 Å². The topological polar surface area (TPSA) is 55.1 Å². The monoisotopic (exact) mass is 376 g/mol. The van der Waals surface area contributed by atoms with E-state index in [4.69, 9.17) is 16.1 Å². The largest absolute Gasteiger partial charge is 0.355 e. The molecule has 1 aromatic heterocycles. The maximum Gasteiger partial charge on any atom is 0.251 e. The van der Waals surface area contributed by atoms with E-state index >= 15 is 0 Å². The molecule has 1 heterocycles. The average molecular weight is 377 g/mol. The predicted molar refractivity (Wildman–Crippen MR) is 107 cm³/mol. The molecule has 0 aliphatic rings. The lowest BCUT2D eigenvalue weighted by Gasteiger charge is -2.14. The summed E-state index contributed by atoms with van der Waals surface area (Å²) in [7, 11) is 0. The van der Waals surface area contributed by atoms with Crippen molar-refractivity contribution in [2.24, 2.45) is 0 Å². The zero-order chi connectivity index (χ0) is 18.8. The highest BCUT2D eigenvalue weighted by atomic mass is 35.5. The van der Waals surface area contributed by atoms with Crippen LogP contribution in [0.25, 0.3) is 22.2 Å². The first kappa shape index (κ1) is 17.3. The summed E-state index contributed by atoms with van der Waals surface area (Å²) >= 11 is 5.96. The van der Waals surface area contributed by atoms with Crippen molar-refractivity contribution in [3.05, 3.63) is 88.9 Å². The van der Waals surface area contributed by atoms with Gasteiger partial charge in [0.05, 0.1) is 11.4 Å². The van der Waals surface area contributed by atoms with Gasteiger partial charge in [0.2, 0.25) is 0 Å². The van der Waals surface area contributed by atoms with Crippen LogP contribution in [0, 0.1) is 0 Å². The van der Waals surface area contributed by atoms with E-state index in [1.807, 2.05) is 55.5 Å². The number of nitrogens with zero attached hydrogens (tertiary/aromatic N) is 1. The second-order valence-electron chi connectivity index (χ2n) is 6.36. The van der Waals surface area contributed by atoms with Crippen molar-refractivity contribution >= 4 is 28.4 Å². The molecule has 0 saturated heterocycles. The predicted octanol–water partition coefficient (Wildman–Crippen LogP) is 5.64. The number of rotatable bonds is 4. The van der Waals surface area contributed by atoms with Gasteiger partial charge < -0.3 is 9.84 Å². The van der Waals surface area contributed by atoms with Gasteiger partial charge >= 0.3 is 0 Å². The number of nitrogens with one attached hydrogen (secondary N) is 1. The molecule has 0 aliphatic carbocycles. The molecule has 1 atom stereocenters. The number of fused-ring (bicyclic) bond motifs is 1. The van der Waals surface area contributed by atoms with E-state index in [1.54, 1.807) is 24.3 Å². The second-order valence-corrected chi connectivity index (χ2v) is 6.79. The van der Waals surface area contributed by atoms with Gasteiger partial charge in [-0.3, -0.25) is 4.79 Å². The molecule has 134 valence electrons. The summed E-state index contributed by atoms with van der Waals surface area (Å²) in [6.07, 6.45) is 0. The molecule has 0 radical (unpaired) electrons. The number of halogens is 1.